The lowest BCUT2D eigenvalue weighted by Gasteiger charge is -2.55. The van der Waals surface area contributed by atoms with Gasteiger partial charge in [0.1, 0.15) is 0 Å². The molecule has 2 saturated heterocycles. The Balaban J connectivity index is 1.36. The third-order valence-corrected chi connectivity index (χ3v) is 9.82. The molecule has 6 rings (SSSR count). The molecule has 214 valence electrons. The van der Waals surface area contributed by atoms with E-state index in [4.69, 9.17) is 10.6 Å². The largest absolute Gasteiger partial charge is 0.476 e. The third-order valence-electron chi connectivity index (χ3n) is 9.82. The lowest BCUT2D eigenvalue weighted by Crippen LogP contribution is -2.58. The summed E-state index contributed by atoms with van der Waals surface area (Å²) in [5.74, 6) is -0.535. The maximum absolute atomic E-state index is 14.0. The number of benzene rings is 1. The molecule has 0 radical (unpaired) electrons. The van der Waals surface area contributed by atoms with Crippen LogP contribution in [-0.2, 0) is 14.4 Å². The number of carbonyl (C=O) groups excluding carboxylic acids is 1. The molecular formula is C30H39N5O5. The highest BCUT2D eigenvalue weighted by atomic mass is 16.6. The molecule has 40 heavy (non-hydrogen) atoms. The minimum absolute atomic E-state index is 0.0747. The van der Waals surface area contributed by atoms with Crippen molar-refractivity contribution >= 4 is 28.6 Å². The Kier molecular flexibility index (Phi) is 7.37. The van der Waals surface area contributed by atoms with Crippen molar-refractivity contribution in [1.29, 1.82) is 0 Å². The summed E-state index contributed by atoms with van der Waals surface area (Å²) >= 11 is 0. The Morgan fingerprint density at radius 2 is 1.62 bits per heavy atom. The lowest BCUT2D eigenvalue weighted by molar-refractivity contribution is -0.131. The van der Waals surface area contributed by atoms with Crippen LogP contribution >= 0.6 is 0 Å². The van der Waals surface area contributed by atoms with Gasteiger partial charge in [0.25, 0.3) is 11.5 Å². The number of aromatic nitrogens is 2. The Morgan fingerprint density at radius 1 is 0.975 bits per heavy atom. The van der Waals surface area contributed by atoms with Crippen LogP contribution in [0.4, 0.5) is 0 Å². The van der Waals surface area contributed by atoms with Gasteiger partial charge in [-0.15, -0.1) is 0 Å². The number of nitrogens with two attached hydrogens (primary N) is 1. The maximum atomic E-state index is 14.0. The average Bonchev–Trinajstić information content (AvgIpc) is 2.92. The van der Waals surface area contributed by atoms with E-state index in [1.54, 1.807) is 10.6 Å². The van der Waals surface area contributed by atoms with Gasteiger partial charge in [-0.05, 0) is 75.8 Å². The standard InChI is InChI=1S/C30H39N5O5/c1-17(28(31)36)40-33-27(30(38)39)26-29(37)35(25-11-3-2-10-24(25)32-26)23-15-20-8-5-9-21(16-23)34(20)22-13-18-6-4-7-19(12-18)14-22/h2-3,10-11,17-23H,4-9,12-16H2,1H3,(H2,31,36)(H,38,39)/b33-27-/t17?,18-,19+,20-,21+,22?,23+. The monoisotopic (exact) mass is 549 g/mol. The van der Waals surface area contributed by atoms with Gasteiger partial charge >= 0.3 is 5.97 Å². The molecule has 3 N–H and O–H groups in total. The topological polar surface area (TPSA) is 140 Å². The van der Waals surface area contributed by atoms with Crippen LogP contribution in [-0.4, -0.2) is 61.4 Å². The Hall–Kier alpha value is -3.27. The summed E-state index contributed by atoms with van der Waals surface area (Å²) in [5.41, 5.74) is 5.01. The van der Waals surface area contributed by atoms with E-state index in [1.165, 1.54) is 51.9 Å². The fraction of sp³-hybridized carbons (Fsp3) is 0.633. The van der Waals surface area contributed by atoms with Gasteiger partial charge < -0.3 is 20.2 Å². The minimum atomic E-state index is -1.46. The van der Waals surface area contributed by atoms with E-state index in [1.807, 2.05) is 18.2 Å². The Labute approximate surface area is 233 Å². The predicted molar refractivity (Wildman–Crippen MR) is 150 cm³/mol. The molecule has 10 nitrogen and oxygen atoms in total. The van der Waals surface area contributed by atoms with Gasteiger partial charge in [0.15, 0.2) is 5.69 Å². The second-order valence-electron chi connectivity index (χ2n) is 12.4. The molecule has 3 heterocycles. The van der Waals surface area contributed by atoms with Crippen LogP contribution in [0.2, 0.25) is 0 Å². The molecule has 1 amide bonds. The summed E-state index contributed by atoms with van der Waals surface area (Å²) in [7, 11) is 0. The maximum Gasteiger partial charge on any atom is 0.360 e. The van der Waals surface area contributed by atoms with Crippen LogP contribution in [0.25, 0.3) is 11.0 Å². The van der Waals surface area contributed by atoms with Gasteiger partial charge in [-0.3, -0.25) is 14.5 Å². The van der Waals surface area contributed by atoms with Gasteiger partial charge in [-0.25, -0.2) is 9.78 Å². The highest BCUT2D eigenvalue weighted by molar-refractivity contribution is 6.41. The van der Waals surface area contributed by atoms with Crippen LogP contribution in [0.1, 0.15) is 89.3 Å². The lowest BCUT2D eigenvalue weighted by atomic mass is 9.68. The number of amides is 1. The van der Waals surface area contributed by atoms with Crippen molar-refractivity contribution < 1.29 is 19.5 Å². The second-order valence-corrected chi connectivity index (χ2v) is 12.4. The molecule has 4 bridgehead atoms. The van der Waals surface area contributed by atoms with E-state index in [0.717, 1.165) is 37.5 Å². The number of hydrogen-bond acceptors (Lipinski definition) is 7. The number of aliphatic carboxylic acids is 1. The second kappa shape index (κ2) is 11.0. The van der Waals surface area contributed by atoms with Crippen molar-refractivity contribution in [3.8, 4) is 0 Å². The molecule has 1 aromatic carbocycles. The first-order chi connectivity index (χ1) is 19.3. The van der Waals surface area contributed by atoms with Crippen molar-refractivity contribution in [3.05, 3.63) is 40.3 Å². The number of oxime groups is 1. The van der Waals surface area contributed by atoms with E-state index >= 15 is 0 Å². The smallest absolute Gasteiger partial charge is 0.360 e. The van der Waals surface area contributed by atoms with Gasteiger partial charge in [0, 0.05) is 24.2 Å². The number of carboxylic acids is 1. The number of carboxylic acid groups (broad SMARTS) is 1. The zero-order valence-corrected chi connectivity index (χ0v) is 23.1. The van der Waals surface area contributed by atoms with E-state index in [9.17, 15) is 19.5 Å². The van der Waals surface area contributed by atoms with Crippen molar-refractivity contribution in [3.63, 3.8) is 0 Å². The number of carbonyl (C=O) groups is 2. The summed E-state index contributed by atoms with van der Waals surface area (Å²) in [6, 6.07) is 8.73. The summed E-state index contributed by atoms with van der Waals surface area (Å²) in [6.07, 6.45) is 12.1. The fourth-order valence-electron chi connectivity index (χ4n) is 8.17. The average molecular weight is 550 g/mol. The molecule has 2 unspecified atom stereocenters. The molecule has 2 aliphatic carbocycles. The minimum Gasteiger partial charge on any atom is -0.476 e. The Bertz CT molecular complexity index is 1360. The fourth-order valence-corrected chi connectivity index (χ4v) is 8.17. The summed E-state index contributed by atoms with van der Waals surface area (Å²) in [5, 5.41) is 13.6. The first kappa shape index (κ1) is 26.9. The first-order valence-electron chi connectivity index (χ1n) is 14.9. The number of para-hydroxylation sites is 2. The molecule has 2 saturated carbocycles. The van der Waals surface area contributed by atoms with Crippen molar-refractivity contribution in [1.82, 2.24) is 14.5 Å². The van der Waals surface area contributed by atoms with E-state index in [0.29, 0.717) is 29.2 Å². The van der Waals surface area contributed by atoms with Gasteiger partial charge in [-0.1, -0.05) is 43.0 Å². The number of fused-ring (bicyclic) bond motifs is 5. The summed E-state index contributed by atoms with van der Waals surface area (Å²) in [4.78, 5) is 49.9. The molecule has 0 spiro atoms. The first-order valence-corrected chi connectivity index (χ1v) is 14.9. The number of nitrogens with zero attached hydrogens (tertiary/aromatic N) is 4. The SMILES string of the molecule is CC(O/N=C(\C(=O)O)c1nc2ccccc2n([C@H]2C[C@H]3CCC[C@@H](C2)N3C2C[C@H]3CCC[C@@H](C2)C3)c1=O)C(N)=O. The van der Waals surface area contributed by atoms with Crippen LogP contribution in [0, 0.1) is 11.8 Å². The van der Waals surface area contributed by atoms with E-state index in [2.05, 4.69) is 15.0 Å². The highest BCUT2D eigenvalue weighted by Gasteiger charge is 2.45. The number of piperidine rings is 2. The highest BCUT2D eigenvalue weighted by Crippen LogP contribution is 2.47. The predicted octanol–water partition coefficient (Wildman–Crippen LogP) is 3.60. The number of rotatable bonds is 7. The van der Waals surface area contributed by atoms with Crippen molar-refractivity contribution in [2.45, 2.75) is 108 Å². The van der Waals surface area contributed by atoms with Gasteiger partial charge in [-0.2, -0.15) is 0 Å². The summed E-state index contributed by atoms with van der Waals surface area (Å²) < 4.78 is 1.76. The van der Waals surface area contributed by atoms with Crippen LogP contribution in [0.15, 0.2) is 34.2 Å². The van der Waals surface area contributed by atoms with Crippen LogP contribution in [0.3, 0.4) is 0 Å². The third kappa shape index (κ3) is 5.02. The normalized spacial score (nSPS) is 31.5. The molecule has 1 aromatic heterocycles. The van der Waals surface area contributed by atoms with Gasteiger partial charge in [0.2, 0.25) is 11.8 Å². The number of hydrogen-bond donors (Lipinski definition) is 2. The Morgan fingerprint density at radius 3 is 2.27 bits per heavy atom. The van der Waals surface area contributed by atoms with Crippen molar-refractivity contribution in [2.24, 2.45) is 22.7 Å². The van der Waals surface area contributed by atoms with Crippen LogP contribution < -0.4 is 11.3 Å². The molecular weight excluding hydrogens is 510 g/mol. The molecule has 4 fully saturated rings. The zero-order chi connectivity index (χ0) is 28.0. The zero-order valence-electron chi connectivity index (χ0n) is 23.1. The number of primary amides is 1. The van der Waals surface area contributed by atoms with Gasteiger partial charge in [0.05, 0.1) is 11.0 Å². The summed E-state index contributed by atoms with van der Waals surface area (Å²) in [6.45, 7) is 1.36. The molecule has 2 aromatic rings. The quantitative estimate of drug-likeness (QED) is 0.397. The van der Waals surface area contributed by atoms with E-state index < -0.39 is 29.3 Å². The molecule has 4 aliphatic rings. The molecule has 7 atom stereocenters. The van der Waals surface area contributed by atoms with Crippen LogP contribution in [0.5, 0.6) is 0 Å². The molecule has 2 aliphatic heterocycles. The van der Waals surface area contributed by atoms with Crippen molar-refractivity contribution in [2.75, 3.05) is 0 Å². The van der Waals surface area contributed by atoms with E-state index in [-0.39, 0.29) is 11.7 Å². The molecule has 10 heteroatoms.